The molecule has 0 saturated heterocycles. The number of oxime groups is 1. The maximum absolute atomic E-state index is 14.1. The second-order valence-corrected chi connectivity index (χ2v) is 8.74. The summed E-state index contributed by atoms with van der Waals surface area (Å²) in [7, 11) is 0. The molecule has 0 saturated carbocycles. The van der Waals surface area contributed by atoms with Gasteiger partial charge in [0.25, 0.3) is 5.60 Å². The summed E-state index contributed by atoms with van der Waals surface area (Å²) in [6, 6.07) is 5.46. The van der Waals surface area contributed by atoms with Crippen molar-refractivity contribution < 1.29 is 22.8 Å². The molecule has 1 unspecified atom stereocenters. The normalized spacial score (nSPS) is 19.1. The molecular formula is C19H17Cl2F3N2O2S. The second kappa shape index (κ2) is 8.16. The lowest BCUT2D eigenvalue weighted by molar-refractivity contribution is -0.275. The quantitative estimate of drug-likeness (QED) is 0.592. The lowest BCUT2D eigenvalue weighted by atomic mass is 9.88. The van der Waals surface area contributed by atoms with Gasteiger partial charge in [0.15, 0.2) is 0 Å². The van der Waals surface area contributed by atoms with Crippen LogP contribution in [0.3, 0.4) is 0 Å². The van der Waals surface area contributed by atoms with E-state index in [4.69, 9.17) is 28.0 Å². The van der Waals surface area contributed by atoms with Crippen molar-refractivity contribution in [1.82, 2.24) is 5.32 Å². The van der Waals surface area contributed by atoms with E-state index in [0.717, 1.165) is 10.4 Å². The van der Waals surface area contributed by atoms with E-state index in [2.05, 4.69) is 10.5 Å². The molecule has 1 amide bonds. The van der Waals surface area contributed by atoms with Gasteiger partial charge in [-0.05, 0) is 36.8 Å². The number of amides is 1. The molecule has 0 aliphatic carbocycles. The van der Waals surface area contributed by atoms with Gasteiger partial charge in [-0.15, -0.1) is 11.3 Å². The predicted molar refractivity (Wildman–Crippen MR) is 108 cm³/mol. The van der Waals surface area contributed by atoms with Gasteiger partial charge in [0, 0.05) is 33.5 Å². The molecule has 0 bridgehead atoms. The Morgan fingerprint density at radius 3 is 2.52 bits per heavy atom. The van der Waals surface area contributed by atoms with E-state index >= 15 is 0 Å². The number of halogens is 5. The van der Waals surface area contributed by atoms with Crippen molar-refractivity contribution in [1.29, 1.82) is 0 Å². The molecule has 0 spiro atoms. The number of hydrogen-bond donors (Lipinski definition) is 1. The van der Waals surface area contributed by atoms with Crippen molar-refractivity contribution >= 4 is 46.2 Å². The predicted octanol–water partition coefficient (Wildman–Crippen LogP) is 5.97. The van der Waals surface area contributed by atoms with Gasteiger partial charge in [0.2, 0.25) is 5.91 Å². The zero-order valence-electron chi connectivity index (χ0n) is 15.5. The van der Waals surface area contributed by atoms with Crippen LogP contribution in [0.25, 0.3) is 0 Å². The Morgan fingerprint density at radius 2 is 1.93 bits per heavy atom. The molecule has 1 aromatic carbocycles. The Balaban J connectivity index is 1.90. The minimum absolute atomic E-state index is 0.0779. The molecule has 4 nitrogen and oxygen atoms in total. The summed E-state index contributed by atoms with van der Waals surface area (Å²) < 4.78 is 42.2. The van der Waals surface area contributed by atoms with Crippen molar-refractivity contribution in [2.75, 3.05) is 0 Å². The standard InChI is InChI=1S/C19H17Cl2F3N2O2S/c1-3-17(27)25-9-11-4-16(29-10(11)2)15-8-18(28-26-15,19(22,23)24)12-5-13(20)7-14(21)6-12/h4-7H,3,8-9H2,1-2H3,(H,25,27). The molecule has 2 aromatic rings. The summed E-state index contributed by atoms with van der Waals surface area (Å²) in [6.45, 7) is 3.88. The van der Waals surface area contributed by atoms with Crippen LogP contribution in [-0.4, -0.2) is 17.8 Å². The van der Waals surface area contributed by atoms with Gasteiger partial charge in [-0.1, -0.05) is 35.3 Å². The smallest absolute Gasteiger partial charge is 0.374 e. The maximum atomic E-state index is 14.1. The fraction of sp³-hybridized carbons (Fsp3) is 0.368. The Morgan fingerprint density at radius 1 is 1.28 bits per heavy atom. The minimum Gasteiger partial charge on any atom is -0.374 e. The third-order valence-corrected chi connectivity index (χ3v) is 6.20. The van der Waals surface area contributed by atoms with Crippen molar-refractivity contribution in [2.24, 2.45) is 5.16 Å². The van der Waals surface area contributed by atoms with Crippen LogP contribution in [-0.2, 0) is 21.8 Å². The molecule has 1 atom stereocenters. The number of carbonyl (C=O) groups excluding carboxylic acids is 1. The van der Waals surface area contributed by atoms with Crippen LogP contribution in [0.2, 0.25) is 10.0 Å². The Labute approximate surface area is 179 Å². The fourth-order valence-corrected chi connectivity index (χ4v) is 4.53. The van der Waals surface area contributed by atoms with Crippen LogP contribution in [0.15, 0.2) is 29.4 Å². The molecule has 3 rings (SSSR count). The Hall–Kier alpha value is -1.77. The van der Waals surface area contributed by atoms with Gasteiger partial charge < -0.3 is 10.2 Å². The molecule has 1 N–H and O–H groups in total. The number of thiophene rings is 1. The summed E-state index contributed by atoms with van der Waals surface area (Å²) in [5.74, 6) is -0.104. The van der Waals surface area contributed by atoms with Crippen molar-refractivity contribution in [3.8, 4) is 0 Å². The largest absolute Gasteiger partial charge is 0.435 e. The summed E-state index contributed by atoms with van der Waals surface area (Å²) in [5, 5.41) is 6.68. The van der Waals surface area contributed by atoms with Crippen LogP contribution in [0.5, 0.6) is 0 Å². The van der Waals surface area contributed by atoms with Gasteiger partial charge in [0.1, 0.15) is 5.71 Å². The first-order valence-electron chi connectivity index (χ1n) is 8.70. The van der Waals surface area contributed by atoms with Crippen LogP contribution >= 0.6 is 34.5 Å². The first-order valence-corrected chi connectivity index (χ1v) is 10.3. The third-order valence-electron chi connectivity index (χ3n) is 4.62. The zero-order chi connectivity index (χ0) is 21.4. The summed E-state index contributed by atoms with van der Waals surface area (Å²) in [5.41, 5.74) is -1.86. The third kappa shape index (κ3) is 4.39. The fourth-order valence-electron chi connectivity index (χ4n) is 2.98. The van der Waals surface area contributed by atoms with Crippen molar-refractivity contribution in [3.63, 3.8) is 0 Å². The van der Waals surface area contributed by atoms with Crippen LogP contribution in [0, 0.1) is 6.92 Å². The van der Waals surface area contributed by atoms with E-state index in [1.165, 1.54) is 29.5 Å². The van der Waals surface area contributed by atoms with Crippen LogP contribution in [0.1, 0.15) is 40.6 Å². The monoisotopic (exact) mass is 464 g/mol. The number of nitrogens with one attached hydrogen (secondary N) is 1. The number of hydrogen-bond acceptors (Lipinski definition) is 4. The molecular weight excluding hydrogens is 448 g/mol. The van der Waals surface area contributed by atoms with E-state index < -0.39 is 18.2 Å². The van der Waals surface area contributed by atoms with Gasteiger partial charge >= 0.3 is 6.18 Å². The van der Waals surface area contributed by atoms with E-state index in [1.54, 1.807) is 13.0 Å². The maximum Gasteiger partial charge on any atom is 0.435 e. The molecule has 0 radical (unpaired) electrons. The number of carbonyl (C=O) groups is 1. The molecule has 1 aromatic heterocycles. The number of rotatable bonds is 5. The zero-order valence-corrected chi connectivity index (χ0v) is 17.8. The summed E-state index contributed by atoms with van der Waals surface area (Å²) >= 11 is 13.1. The van der Waals surface area contributed by atoms with Gasteiger partial charge in [-0.2, -0.15) is 13.2 Å². The number of benzene rings is 1. The average molecular weight is 465 g/mol. The highest BCUT2D eigenvalue weighted by Crippen LogP contribution is 2.50. The highest BCUT2D eigenvalue weighted by molar-refractivity contribution is 7.14. The van der Waals surface area contributed by atoms with Gasteiger partial charge in [-0.25, -0.2) is 0 Å². The first kappa shape index (κ1) is 21.9. The lowest BCUT2D eigenvalue weighted by Crippen LogP contribution is -2.42. The Bertz CT molecular complexity index is 955. The van der Waals surface area contributed by atoms with Gasteiger partial charge in [0.05, 0.1) is 11.3 Å². The molecule has 10 heteroatoms. The van der Waals surface area contributed by atoms with Crippen molar-refractivity contribution in [3.05, 3.63) is 55.2 Å². The van der Waals surface area contributed by atoms with E-state index in [-0.39, 0.29) is 27.2 Å². The highest BCUT2D eigenvalue weighted by atomic mass is 35.5. The first-order chi connectivity index (χ1) is 13.6. The minimum atomic E-state index is -4.74. The van der Waals surface area contributed by atoms with E-state index in [1.807, 2.05) is 6.92 Å². The number of nitrogens with zero attached hydrogens (tertiary/aromatic N) is 1. The molecule has 0 fully saturated rings. The average Bonchev–Trinajstić information content (AvgIpc) is 3.23. The molecule has 1 aliphatic heterocycles. The SMILES string of the molecule is CCC(=O)NCc1cc(C2=NOC(c3cc(Cl)cc(Cl)c3)(C(F)(F)F)C2)sc1C. The number of alkyl halides is 3. The molecule has 2 heterocycles. The van der Waals surface area contributed by atoms with Crippen molar-refractivity contribution in [2.45, 2.75) is 45.0 Å². The lowest BCUT2D eigenvalue weighted by Gasteiger charge is -2.29. The van der Waals surface area contributed by atoms with Crippen LogP contribution in [0.4, 0.5) is 13.2 Å². The van der Waals surface area contributed by atoms with Crippen LogP contribution < -0.4 is 5.32 Å². The summed E-state index contributed by atoms with van der Waals surface area (Å²) in [4.78, 5) is 17.9. The van der Waals surface area contributed by atoms with E-state index in [9.17, 15) is 18.0 Å². The molecule has 1 aliphatic rings. The summed E-state index contributed by atoms with van der Waals surface area (Å²) in [6.07, 6.45) is -4.89. The second-order valence-electron chi connectivity index (χ2n) is 6.61. The van der Waals surface area contributed by atoms with Gasteiger partial charge in [-0.3, -0.25) is 4.79 Å². The van der Waals surface area contributed by atoms with E-state index in [0.29, 0.717) is 17.8 Å². The Kier molecular flexibility index (Phi) is 6.17. The molecule has 156 valence electrons. The molecule has 29 heavy (non-hydrogen) atoms. The topological polar surface area (TPSA) is 50.7 Å². The highest BCUT2D eigenvalue weighted by Gasteiger charge is 2.62. The number of aryl methyl sites for hydroxylation is 1.